The normalized spacial score (nSPS) is 19.8. The third-order valence-corrected chi connectivity index (χ3v) is 4.54. The van der Waals surface area contributed by atoms with Crippen molar-refractivity contribution in [3.63, 3.8) is 0 Å². The first-order chi connectivity index (χ1) is 9.25. The van der Waals surface area contributed by atoms with Gasteiger partial charge in [-0.2, -0.15) is 0 Å². The van der Waals surface area contributed by atoms with Gasteiger partial charge in [-0.25, -0.2) is 0 Å². The van der Waals surface area contributed by atoms with Crippen molar-refractivity contribution >= 4 is 15.9 Å². The quantitative estimate of drug-likeness (QED) is 0.858. The number of benzene rings is 2. The molecule has 0 saturated carbocycles. The van der Waals surface area contributed by atoms with Gasteiger partial charge in [0.15, 0.2) is 0 Å². The zero-order valence-electron chi connectivity index (χ0n) is 10.7. The average Bonchev–Trinajstić information content (AvgIpc) is 2.47. The second kappa shape index (κ2) is 5.48. The van der Waals surface area contributed by atoms with Crippen molar-refractivity contribution in [3.8, 4) is 0 Å². The third-order valence-electron chi connectivity index (χ3n) is 4.01. The van der Waals surface area contributed by atoms with Crippen molar-refractivity contribution in [1.29, 1.82) is 0 Å². The summed E-state index contributed by atoms with van der Waals surface area (Å²) < 4.78 is 1.05. The molecule has 2 aromatic carbocycles. The number of halogens is 1. The first-order valence-corrected chi connectivity index (χ1v) is 7.56. The minimum Gasteiger partial charge on any atom is -0.388 e. The fraction of sp³-hybridized carbons (Fsp3) is 0.294. The molecule has 2 aromatic rings. The maximum absolute atomic E-state index is 10.7. The smallest absolute Gasteiger partial charge is 0.0858 e. The molecule has 98 valence electrons. The molecule has 1 aliphatic carbocycles. The average molecular weight is 317 g/mol. The Kier molecular flexibility index (Phi) is 3.72. The standard InChI is InChI=1S/C17H17BrO/c18-14-10-8-13(9-11-14)17(19)16-7-3-5-12-4-1-2-6-15(12)16/h1-2,4,6,8-11,16-17,19H,3,5,7H2. The molecule has 1 nitrogen and oxygen atoms in total. The number of aryl methyl sites for hydroxylation is 1. The summed E-state index contributed by atoms with van der Waals surface area (Å²) >= 11 is 3.43. The molecule has 1 aliphatic rings. The molecule has 0 heterocycles. The van der Waals surface area contributed by atoms with E-state index < -0.39 is 6.10 Å². The van der Waals surface area contributed by atoms with Crippen LogP contribution in [0.5, 0.6) is 0 Å². The molecule has 19 heavy (non-hydrogen) atoms. The van der Waals surface area contributed by atoms with Crippen molar-refractivity contribution in [2.24, 2.45) is 0 Å². The molecule has 0 spiro atoms. The minimum absolute atomic E-state index is 0.228. The van der Waals surface area contributed by atoms with Crippen LogP contribution in [0.4, 0.5) is 0 Å². The zero-order valence-corrected chi connectivity index (χ0v) is 12.3. The summed E-state index contributed by atoms with van der Waals surface area (Å²) in [6, 6.07) is 16.5. The summed E-state index contributed by atoms with van der Waals surface area (Å²) in [5.41, 5.74) is 3.73. The maximum Gasteiger partial charge on any atom is 0.0858 e. The van der Waals surface area contributed by atoms with Crippen LogP contribution in [0, 0.1) is 0 Å². The van der Waals surface area contributed by atoms with Crippen molar-refractivity contribution in [3.05, 3.63) is 69.7 Å². The number of fused-ring (bicyclic) bond motifs is 1. The third kappa shape index (κ3) is 2.60. The Morgan fingerprint density at radius 2 is 1.79 bits per heavy atom. The molecule has 0 saturated heterocycles. The Labute approximate surface area is 122 Å². The highest BCUT2D eigenvalue weighted by atomic mass is 79.9. The first kappa shape index (κ1) is 12.9. The molecule has 2 heteroatoms. The van der Waals surface area contributed by atoms with Gasteiger partial charge in [0.05, 0.1) is 6.10 Å². The summed E-state index contributed by atoms with van der Waals surface area (Å²) in [6.45, 7) is 0. The van der Waals surface area contributed by atoms with E-state index in [4.69, 9.17) is 0 Å². The molecule has 0 amide bonds. The Balaban J connectivity index is 1.92. The number of rotatable bonds is 2. The van der Waals surface area contributed by atoms with E-state index in [-0.39, 0.29) is 5.92 Å². The number of aliphatic hydroxyl groups is 1. The topological polar surface area (TPSA) is 20.2 Å². The fourth-order valence-electron chi connectivity index (χ4n) is 3.01. The molecular formula is C17H17BrO. The second-order valence-electron chi connectivity index (χ2n) is 5.19. The maximum atomic E-state index is 10.7. The fourth-order valence-corrected chi connectivity index (χ4v) is 3.28. The number of aliphatic hydroxyl groups excluding tert-OH is 1. The van der Waals surface area contributed by atoms with E-state index in [9.17, 15) is 5.11 Å². The van der Waals surface area contributed by atoms with E-state index in [0.29, 0.717) is 0 Å². The van der Waals surface area contributed by atoms with Gasteiger partial charge in [0.2, 0.25) is 0 Å². The van der Waals surface area contributed by atoms with Crippen LogP contribution in [0.15, 0.2) is 53.0 Å². The van der Waals surface area contributed by atoms with E-state index in [1.165, 1.54) is 11.1 Å². The van der Waals surface area contributed by atoms with Gasteiger partial charge in [-0.3, -0.25) is 0 Å². The summed E-state index contributed by atoms with van der Waals surface area (Å²) in [7, 11) is 0. The summed E-state index contributed by atoms with van der Waals surface area (Å²) in [4.78, 5) is 0. The van der Waals surface area contributed by atoms with Crippen LogP contribution in [0.1, 0.15) is 41.6 Å². The van der Waals surface area contributed by atoms with Gasteiger partial charge in [0.1, 0.15) is 0 Å². The van der Waals surface area contributed by atoms with Crippen molar-refractivity contribution in [2.45, 2.75) is 31.3 Å². The van der Waals surface area contributed by atoms with E-state index in [1.54, 1.807) is 0 Å². The SMILES string of the molecule is OC(c1ccc(Br)cc1)C1CCCc2ccccc21. The van der Waals surface area contributed by atoms with Gasteiger partial charge in [0.25, 0.3) is 0 Å². The van der Waals surface area contributed by atoms with Gasteiger partial charge in [-0.1, -0.05) is 52.3 Å². The Morgan fingerprint density at radius 3 is 2.58 bits per heavy atom. The monoisotopic (exact) mass is 316 g/mol. The van der Waals surface area contributed by atoms with Gasteiger partial charge in [-0.15, -0.1) is 0 Å². The highest BCUT2D eigenvalue weighted by Crippen LogP contribution is 2.40. The van der Waals surface area contributed by atoms with Crippen LogP contribution < -0.4 is 0 Å². The zero-order chi connectivity index (χ0) is 13.2. The van der Waals surface area contributed by atoms with Crippen LogP contribution >= 0.6 is 15.9 Å². The lowest BCUT2D eigenvalue weighted by atomic mass is 9.78. The second-order valence-corrected chi connectivity index (χ2v) is 6.11. The molecule has 0 fully saturated rings. The lowest BCUT2D eigenvalue weighted by Crippen LogP contribution is -2.17. The van der Waals surface area contributed by atoms with Gasteiger partial charge in [0, 0.05) is 10.4 Å². The summed E-state index contributed by atoms with van der Waals surface area (Å²) in [5, 5.41) is 10.7. The summed E-state index contributed by atoms with van der Waals surface area (Å²) in [6.07, 6.45) is 2.96. The number of hydrogen-bond donors (Lipinski definition) is 1. The lowest BCUT2D eigenvalue weighted by Gasteiger charge is -2.29. The Morgan fingerprint density at radius 1 is 1.05 bits per heavy atom. The first-order valence-electron chi connectivity index (χ1n) is 6.77. The van der Waals surface area contributed by atoms with E-state index in [1.807, 2.05) is 24.3 Å². The highest BCUT2D eigenvalue weighted by molar-refractivity contribution is 9.10. The van der Waals surface area contributed by atoms with Crippen LogP contribution in [0.3, 0.4) is 0 Å². The molecular weight excluding hydrogens is 300 g/mol. The number of hydrogen-bond acceptors (Lipinski definition) is 1. The predicted molar refractivity (Wildman–Crippen MR) is 81.2 cm³/mol. The molecule has 3 rings (SSSR count). The largest absolute Gasteiger partial charge is 0.388 e. The molecule has 0 bridgehead atoms. The highest BCUT2D eigenvalue weighted by Gasteiger charge is 2.27. The van der Waals surface area contributed by atoms with Crippen molar-refractivity contribution in [2.75, 3.05) is 0 Å². The molecule has 0 radical (unpaired) electrons. The Bertz CT molecular complexity index is 562. The van der Waals surface area contributed by atoms with Gasteiger partial charge < -0.3 is 5.11 Å². The molecule has 2 atom stereocenters. The van der Waals surface area contributed by atoms with Crippen molar-refractivity contribution in [1.82, 2.24) is 0 Å². The molecule has 1 N–H and O–H groups in total. The molecule has 0 aliphatic heterocycles. The minimum atomic E-state index is -0.408. The molecule has 2 unspecified atom stereocenters. The predicted octanol–water partition coefficient (Wildman–Crippen LogP) is 4.60. The van der Waals surface area contributed by atoms with Crippen LogP contribution in [0.25, 0.3) is 0 Å². The van der Waals surface area contributed by atoms with Crippen molar-refractivity contribution < 1.29 is 5.11 Å². The van der Waals surface area contributed by atoms with Crippen LogP contribution in [-0.2, 0) is 6.42 Å². The Hall–Kier alpha value is -1.12. The molecule has 0 aromatic heterocycles. The summed E-state index contributed by atoms with van der Waals surface area (Å²) in [5.74, 6) is 0.228. The van der Waals surface area contributed by atoms with E-state index in [0.717, 1.165) is 29.3 Å². The lowest BCUT2D eigenvalue weighted by molar-refractivity contribution is 0.136. The van der Waals surface area contributed by atoms with Gasteiger partial charge in [-0.05, 0) is 48.1 Å². The van der Waals surface area contributed by atoms with E-state index >= 15 is 0 Å². The van der Waals surface area contributed by atoms with E-state index in [2.05, 4.69) is 40.2 Å². The van der Waals surface area contributed by atoms with Crippen LogP contribution in [0.2, 0.25) is 0 Å². The van der Waals surface area contributed by atoms with Crippen LogP contribution in [-0.4, -0.2) is 5.11 Å². The van der Waals surface area contributed by atoms with Gasteiger partial charge >= 0.3 is 0 Å².